The molecule has 5 N–H and O–H groups in total. The Morgan fingerprint density at radius 3 is 2.88 bits per heavy atom. The molecule has 1 aromatic carbocycles. The summed E-state index contributed by atoms with van der Waals surface area (Å²) in [6, 6.07) is 7.30. The maximum atomic E-state index is 12.4. The molecule has 2 atom stereocenters. The second kappa shape index (κ2) is 6.72. The molecule has 3 rings (SSSR count). The van der Waals surface area contributed by atoms with Crippen molar-refractivity contribution >= 4 is 28.5 Å². The van der Waals surface area contributed by atoms with Crippen molar-refractivity contribution in [2.45, 2.75) is 31.3 Å². The van der Waals surface area contributed by atoms with Crippen LogP contribution in [-0.4, -0.2) is 30.1 Å². The molecule has 2 unspecified atom stereocenters. The van der Waals surface area contributed by atoms with E-state index in [1.54, 1.807) is 6.92 Å². The van der Waals surface area contributed by atoms with Gasteiger partial charge in [0.25, 0.3) is 0 Å². The average molecular weight is 351 g/mol. The lowest BCUT2D eigenvalue weighted by atomic mass is 9.90. The molecule has 1 aliphatic rings. The number of ether oxygens (including phenoxy) is 1. The predicted molar refractivity (Wildman–Crippen MR) is 94.5 cm³/mol. The highest BCUT2D eigenvalue weighted by atomic mass is 35.5. The zero-order valence-corrected chi connectivity index (χ0v) is 14.6. The number of methoxy groups -OCH3 is 1. The molecule has 0 saturated heterocycles. The van der Waals surface area contributed by atoms with Gasteiger partial charge in [-0.3, -0.25) is 5.84 Å². The summed E-state index contributed by atoms with van der Waals surface area (Å²) in [6.07, 6.45) is 2.43. The number of esters is 1. The molecule has 0 aliphatic heterocycles. The maximum absolute atomic E-state index is 12.4. The van der Waals surface area contributed by atoms with E-state index in [2.05, 4.69) is 15.7 Å². The molecule has 1 aliphatic carbocycles. The molecule has 1 aromatic heterocycles. The number of hydrogen-bond acceptors (Lipinski definition) is 5. The summed E-state index contributed by atoms with van der Waals surface area (Å²) in [7, 11) is 1.36. The smallest absolute Gasteiger partial charge is 0.329 e. The molecule has 0 amide bonds. The van der Waals surface area contributed by atoms with E-state index >= 15 is 0 Å². The Bertz CT molecular complexity index is 743. The minimum atomic E-state index is -1.10. The fraction of sp³-hybridized carbons (Fsp3) is 0.471. The molecule has 130 valence electrons. The topological polar surface area (TPSA) is 92.2 Å². The van der Waals surface area contributed by atoms with Gasteiger partial charge in [-0.15, -0.1) is 0 Å². The van der Waals surface area contributed by atoms with E-state index in [-0.39, 0.29) is 6.04 Å². The van der Waals surface area contributed by atoms with Gasteiger partial charge in [0.15, 0.2) is 0 Å². The Kier molecular flexibility index (Phi) is 4.83. The quantitative estimate of drug-likeness (QED) is 0.349. The molecule has 0 spiro atoms. The minimum absolute atomic E-state index is 0.360. The molecule has 0 bridgehead atoms. The number of carbonyl (C=O) groups excluding carboxylic acids is 1. The highest BCUT2D eigenvalue weighted by Gasteiger charge is 2.44. The van der Waals surface area contributed by atoms with Crippen molar-refractivity contribution < 1.29 is 9.53 Å². The molecular formula is C17H23ClN4O2. The van der Waals surface area contributed by atoms with E-state index in [1.165, 1.54) is 20.0 Å². The number of aromatic nitrogens is 1. The third-order valence-electron chi connectivity index (χ3n) is 4.71. The third kappa shape index (κ3) is 3.28. The Hall–Kier alpha value is -1.60. The molecule has 6 nitrogen and oxygen atoms in total. The van der Waals surface area contributed by atoms with Crippen LogP contribution in [0.3, 0.4) is 0 Å². The van der Waals surface area contributed by atoms with Gasteiger partial charge in [-0.1, -0.05) is 17.7 Å². The van der Waals surface area contributed by atoms with Gasteiger partial charge in [-0.25, -0.2) is 10.2 Å². The first kappa shape index (κ1) is 17.2. The molecule has 1 fully saturated rings. The Morgan fingerprint density at radius 1 is 1.50 bits per heavy atom. The van der Waals surface area contributed by atoms with Crippen LogP contribution in [0.5, 0.6) is 0 Å². The number of carbonyl (C=O) groups is 1. The lowest BCUT2D eigenvalue weighted by molar-refractivity contribution is -0.149. The van der Waals surface area contributed by atoms with Crippen LogP contribution in [0.15, 0.2) is 24.3 Å². The average Bonchev–Trinajstić information content (AvgIpc) is 3.31. The van der Waals surface area contributed by atoms with Gasteiger partial charge in [-0.2, -0.15) is 0 Å². The van der Waals surface area contributed by atoms with Crippen LogP contribution in [-0.2, 0) is 9.53 Å². The number of halogens is 1. The fourth-order valence-electron chi connectivity index (χ4n) is 2.98. The molecular weight excluding hydrogens is 328 g/mol. The number of nitrogens with two attached hydrogens (primary N) is 1. The summed E-state index contributed by atoms with van der Waals surface area (Å²) in [4.78, 5) is 15.7. The number of nitrogens with one attached hydrogen (secondary N) is 3. The van der Waals surface area contributed by atoms with Crippen LogP contribution in [0.1, 0.15) is 31.5 Å². The summed E-state index contributed by atoms with van der Waals surface area (Å²) in [6.45, 7) is 2.57. The Balaban J connectivity index is 1.99. The van der Waals surface area contributed by atoms with Gasteiger partial charge in [0, 0.05) is 16.2 Å². The minimum Gasteiger partial charge on any atom is -0.468 e. The fourth-order valence-corrected chi connectivity index (χ4v) is 3.15. The van der Waals surface area contributed by atoms with Gasteiger partial charge in [-0.05, 0) is 55.8 Å². The second-order valence-electron chi connectivity index (χ2n) is 6.58. The lowest BCUT2D eigenvalue weighted by Crippen LogP contribution is -2.61. The number of H-pyrrole nitrogens is 1. The summed E-state index contributed by atoms with van der Waals surface area (Å²) in [5, 5.41) is 5.16. The monoisotopic (exact) mass is 350 g/mol. The predicted octanol–water partition coefficient (Wildman–Crippen LogP) is 2.26. The summed E-state index contributed by atoms with van der Waals surface area (Å²) in [5.41, 5.74) is 3.32. The van der Waals surface area contributed by atoms with E-state index in [9.17, 15) is 4.79 Å². The summed E-state index contributed by atoms with van der Waals surface area (Å²) < 4.78 is 4.97. The number of aromatic amines is 1. The van der Waals surface area contributed by atoms with Crippen molar-refractivity contribution in [3.8, 4) is 0 Å². The van der Waals surface area contributed by atoms with E-state index in [1.807, 2.05) is 24.3 Å². The third-order valence-corrected chi connectivity index (χ3v) is 4.95. The van der Waals surface area contributed by atoms with Crippen molar-refractivity contribution in [3.05, 3.63) is 35.0 Å². The Morgan fingerprint density at radius 2 is 2.25 bits per heavy atom. The SMILES string of the molecule is COC(=O)C(C)(NN)C(NCC1CC1)c1cc2ccc(Cl)cc2[nH]1. The van der Waals surface area contributed by atoms with Crippen LogP contribution >= 0.6 is 11.6 Å². The largest absolute Gasteiger partial charge is 0.468 e. The molecule has 1 heterocycles. The highest BCUT2D eigenvalue weighted by molar-refractivity contribution is 6.31. The van der Waals surface area contributed by atoms with Crippen LogP contribution < -0.4 is 16.6 Å². The van der Waals surface area contributed by atoms with Crippen molar-refractivity contribution in [1.82, 2.24) is 15.7 Å². The van der Waals surface area contributed by atoms with E-state index in [0.717, 1.165) is 23.1 Å². The highest BCUT2D eigenvalue weighted by Crippen LogP contribution is 2.33. The first-order valence-electron chi connectivity index (χ1n) is 8.05. The number of rotatable bonds is 7. The van der Waals surface area contributed by atoms with Gasteiger partial charge in [0.05, 0.1) is 13.2 Å². The Labute approximate surface area is 146 Å². The van der Waals surface area contributed by atoms with Gasteiger partial charge in [0.2, 0.25) is 0 Å². The van der Waals surface area contributed by atoms with Crippen LogP contribution in [0.25, 0.3) is 10.9 Å². The van der Waals surface area contributed by atoms with E-state index in [4.69, 9.17) is 22.2 Å². The normalized spacial score (nSPS) is 18.3. The van der Waals surface area contributed by atoms with Crippen LogP contribution in [0, 0.1) is 5.92 Å². The maximum Gasteiger partial charge on any atom is 0.329 e. The van der Waals surface area contributed by atoms with Crippen molar-refractivity contribution in [3.63, 3.8) is 0 Å². The standard InChI is InChI=1S/C17H23ClN4O2/c1-17(22-19,16(23)24-2)15(20-9-10-3-4-10)14-7-11-5-6-12(18)8-13(11)21-14/h5-8,10,15,20-22H,3-4,9,19H2,1-2H3. The lowest BCUT2D eigenvalue weighted by Gasteiger charge is -2.34. The molecule has 24 heavy (non-hydrogen) atoms. The number of fused-ring (bicyclic) bond motifs is 1. The van der Waals surface area contributed by atoms with Crippen molar-refractivity contribution in [1.29, 1.82) is 0 Å². The van der Waals surface area contributed by atoms with Crippen LogP contribution in [0.4, 0.5) is 0 Å². The van der Waals surface area contributed by atoms with Gasteiger partial charge in [0.1, 0.15) is 5.54 Å². The molecule has 7 heteroatoms. The summed E-state index contributed by atoms with van der Waals surface area (Å²) in [5.74, 6) is 5.97. The number of hydrazine groups is 1. The first-order chi connectivity index (χ1) is 11.5. The second-order valence-corrected chi connectivity index (χ2v) is 7.02. The van der Waals surface area contributed by atoms with E-state index < -0.39 is 11.5 Å². The summed E-state index contributed by atoms with van der Waals surface area (Å²) >= 11 is 6.07. The molecule has 2 aromatic rings. The van der Waals surface area contributed by atoms with Crippen LogP contribution in [0.2, 0.25) is 5.02 Å². The van der Waals surface area contributed by atoms with Crippen molar-refractivity contribution in [2.75, 3.05) is 13.7 Å². The van der Waals surface area contributed by atoms with E-state index in [0.29, 0.717) is 10.9 Å². The van der Waals surface area contributed by atoms with Gasteiger partial charge < -0.3 is 15.0 Å². The molecule has 1 saturated carbocycles. The van der Waals surface area contributed by atoms with Crippen molar-refractivity contribution in [2.24, 2.45) is 11.8 Å². The number of benzene rings is 1. The first-order valence-corrected chi connectivity index (χ1v) is 8.43. The van der Waals surface area contributed by atoms with Gasteiger partial charge >= 0.3 is 5.97 Å². The zero-order valence-electron chi connectivity index (χ0n) is 13.9. The number of hydrogen-bond donors (Lipinski definition) is 4. The zero-order chi connectivity index (χ0) is 17.3. The molecule has 0 radical (unpaired) electrons.